The maximum atomic E-state index is 11.9. The number of ether oxygens (including phenoxy) is 2. The van der Waals surface area contributed by atoms with Crippen LogP contribution in [0.5, 0.6) is 0 Å². The number of hydrogen-bond donors (Lipinski definition) is 3. The third-order valence-corrected chi connectivity index (χ3v) is 2.73. The Labute approximate surface area is 108 Å². The van der Waals surface area contributed by atoms with Gasteiger partial charge in [-0.15, -0.1) is 0 Å². The van der Waals surface area contributed by atoms with E-state index in [1.807, 2.05) is 11.9 Å². The molecule has 1 aliphatic heterocycles. The van der Waals surface area contributed by atoms with Crippen molar-refractivity contribution < 1.29 is 14.3 Å². The summed E-state index contributed by atoms with van der Waals surface area (Å²) in [7, 11) is 0. The van der Waals surface area contributed by atoms with Crippen LogP contribution < -0.4 is 16.6 Å². The molecule has 3 N–H and O–H groups in total. The molecule has 2 rings (SSSR count). The number of aromatic amines is 2. The molecule has 2 heterocycles. The minimum Gasteiger partial charge on any atom is -0.376 e. The van der Waals surface area contributed by atoms with Crippen LogP contribution in [0.4, 0.5) is 0 Å². The van der Waals surface area contributed by atoms with Gasteiger partial charge in [0.25, 0.3) is 11.5 Å². The second-order valence-electron chi connectivity index (χ2n) is 4.11. The van der Waals surface area contributed by atoms with Crippen LogP contribution in [0.1, 0.15) is 17.4 Å². The number of amides is 1. The summed E-state index contributed by atoms with van der Waals surface area (Å²) in [5.41, 5.74) is -1.43. The zero-order chi connectivity index (χ0) is 13.8. The summed E-state index contributed by atoms with van der Waals surface area (Å²) in [4.78, 5) is 38.4. The van der Waals surface area contributed by atoms with Crippen molar-refractivity contribution >= 4 is 5.91 Å². The molecular formula is C11H15N3O5. The SMILES string of the molecule is CCO[C@H]1COC[C@@H]1NC(=O)c1cc(=O)[nH]c(=O)[nH]1. The number of aromatic nitrogens is 2. The second-order valence-corrected chi connectivity index (χ2v) is 4.11. The van der Waals surface area contributed by atoms with Crippen LogP contribution in [0, 0.1) is 0 Å². The molecule has 104 valence electrons. The lowest BCUT2D eigenvalue weighted by Crippen LogP contribution is -2.44. The van der Waals surface area contributed by atoms with E-state index in [2.05, 4.69) is 10.3 Å². The highest BCUT2D eigenvalue weighted by atomic mass is 16.5. The number of rotatable bonds is 4. The van der Waals surface area contributed by atoms with Crippen LogP contribution in [0.3, 0.4) is 0 Å². The highest BCUT2D eigenvalue weighted by Crippen LogP contribution is 2.10. The maximum Gasteiger partial charge on any atom is 0.326 e. The molecule has 1 fully saturated rings. The van der Waals surface area contributed by atoms with Crippen molar-refractivity contribution in [3.05, 3.63) is 32.6 Å². The van der Waals surface area contributed by atoms with Crippen LogP contribution in [-0.2, 0) is 9.47 Å². The molecule has 0 unspecified atom stereocenters. The highest BCUT2D eigenvalue weighted by Gasteiger charge is 2.30. The van der Waals surface area contributed by atoms with Gasteiger partial charge in [0.15, 0.2) is 0 Å². The molecule has 0 saturated carbocycles. The van der Waals surface area contributed by atoms with Gasteiger partial charge in [0.2, 0.25) is 0 Å². The Hall–Kier alpha value is -1.93. The molecule has 1 amide bonds. The van der Waals surface area contributed by atoms with Crippen molar-refractivity contribution in [2.75, 3.05) is 19.8 Å². The molecule has 0 bridgehead atoms. The van der Waals surface area contributed by atoms with Crippen LogP contribution in [0.25, 0.3) is 0 Å². The van der Waals surface area contributed by atoms with Crippen molar-refractivity contribution in [1.29, 1.82) is 0 Å². The van der Waals surface area contributed by atoms with Gasteiger partial charge in [-0.1, -0.05) is 0 Å². The van der Waals surface area contributed by atoms with E-state index in [0.29, 0.717) is 19.8 Å². The topological polar surface area (TPSA) is 113 Å². The first kappa shape index (κ1) is 13.5. The molecule has 19 heavy (non-hydrogen) atoms. The summed E-state index contributed by atoms with van der Waals surface area (Å²) < 4.78 is 10.6. The highest BCUT2D eigenvalue weighted by molar-refractivity contribution is 5.92. The minimum absolute atomic E-state index is 0.0871. The summed E-state index contributed by atoms with van der Waals surface area (Å²) in [6, 6.07) is 0.734. The number of carbonyl (C=O) groups excluding carboxylic acids is 1. The summed E-state index contributed by atoms with van der Waals surface area (Å²) >= 11 is 0. The lowest BCUT2D eigenvalue weighted by atomic mass is 10.2. The molecule has 0 radical (unpaired) electrons. The lowest BCUT2D eigenvalue weighted by molar-refractivity contribution is 0.0402. The fraction of sp³-hybridized carbons (Fsp3) is 0.545. The van der Waals surface area contributed by atoms with Gasteiger partial charge in [0.1, 0.15) is 11.8 Å². The van der Waals surface area contributed by atoms with Gasteiger partial charge in [0.05, 0.1) is 19.3 Å². The Kier molecular flexibility index (Phi) is 4.13. The molecule has 8 heteroatoms. The maximum absolute atomic E-state index is 11.9. The molecule has 1 aliphatic rings. The van der Waals surface area contributed by atoms with Crippen molar-refractivity contribution in [3.8, 4) is 0 Å². The third-order valence-electron chi connectivity index (χ3n) is 2.73. The number of carbonyl (C=O) groups is 1. The molecule has 0 aromatic carbocycles. The standard InChI is InChI=1S/C11H15N3O5/c1-2-19-8-5-18-4-7(8)12-10(16)6-3-9(15)14-11(17)13-6/h3,7-8H,2,4-5H2,1H3,(H,12,16)(H2,13,14,15,17)/t7-,8-/m0/s1. The van der Waals surface area contributed by atoms with Crippen LogP contribution in [0.2, 0.25) is 0 Å². The molecule has 1 aromatic heterocycles. The van der Waals surface area contributed by atoms with Gasteiger partial charge in [-0.05, 0) is 6.92 Å². The molecule has 1 saturated heterocycles. The molecule has 0 spiro atoms. The Morgan fingerprint density at radius 1 is 1.47 bits per heavy atom. The van der Waals surface area contributed by atoms with Crippen LogP contribution in [-0.4, -0.2) is 47.8 Å². The van der Waals surface area contributed by atoms with Gasteiger partial charge in [0, 0.05) is 12.7 Å². The van der Waals surface area contributed by atoms with Gasteiger partial charge in [-0.25, -0.2) is 4.79 Å². The van der Waals surface area contributed by atoms with Crippen LogP contribution >= 0.6 is 0 Å². The Bertz CT molecular complexity index is 536. The molecule has 2 atom stereocenters. The van der Waals surface area contributed by atoms with Crippen molar-refractivity contribution in [2.45, 2.75) is 19.1 Å². The molecule has 0 aliphatic carbocycles. The zero-order valence-corrected chi connectivity index (χ0v) is 10.4. The number of nitrogens with one attached hydrogen (secondary N) is 3. The third kappa shape index (κ3) is 3.30. The molecule has 1 aromatic rings. The predicted octanol–water partition coefficient (Wildman–Crippen LogP) is -1.40. The summed E-state index contributed by atoms with van der Waals surface area (Å²) in [5, 5.41) is 2.67. The van der Waals surface area contributed by atoms with Gasteiger partial charge >= 0.3 is 5.69 Å². The fourth-order valence-electron chi connectivity index (χ4n) is 1.88. The van der Waals surface area contributed by atoms with Crippen LogP contribution in [0.15, 0.2) is 15.7 Å². The molecule has 8 nitrogen and oxygen atoms in total. The van der Waals surface area contributed by atoms with E-state index in [0.717, 1.165) is 6.07 Å². The predicted molar refractivity (Wildman–Crippen MR) is 65.2 cm³/mol. The van der Waals surface area contributed by atoms with E-state index in [1.54, 1.807) is 0 Å². The first-order valence-corrected chi connectivity index (χ1v) is 5.94. The summed E-state index contributed by atoms with van der Waals surface area (Å²) in [6.45, 7) is 3.11. The fourth-order valence-corrected chi connectivity index (χ4v) is 1.88. The Morgan fingerprint density at radius 2 is 2.26 bits per heavy atom. The largest absolute Gasteiger partial charge is 0.376 e. The summed E-state index contributed by atoms with van der Waals surface area (Å²) in [5.74, 6) is -0.539. The van der Waals surface area contributed by atoms with Crippen molar-refractivity contribution in [3.63, 3.8) is 0 Å². The number of H-pyrrole nitrogens is 2. The van der Waals surface area contributed by atoms with Gasteiger partial charge < -0.3 is 19.8 Å². The number of hydrogen-bond acceptors (Lipinski definition) is 5. The summed E-state index contributed by atoms with van der Waals surface area (Å²) in [6.07, 6.45) is -0.220. The Morgan fingerprint density at radius 3 is 2.95 bits per heavy atom. The first-order chi connectivity index (χ1) is 9.10. The van der Waals surface area contributed by atoms with E-state index < -0.39 is 17.2 Å². The zero-order valence-electron chi connectivity index (χ0n) is 10.4. The molecular weight excluding hydrogens is 254 g/mol. The quantitative estimate of drug-likeness (QED) is 0.622. The van der Waals surface area contributed by atoms with Gasteiger partial charge in [-0.3, -0.25) is 14.6 Å². The van der Waals surface area contributed by atoms with E-state index in [1.165, 1.54) is 0 Å². The minimum atomic E-state index is -0.721. The second kappa shape index (κ2) is 5.81. The monoisotopic (exact) mass is 269 g/mol. The van der Waals surface area contributed by atoms with E-state index >= 15 is 0 Å². The average molecular weight is 269 g/mol. The van der Waals surface area contributed by atoms with Gasteiger partial charge in [-0.2, -0.15) is 0 Å². The van der Waals surface area contributed by atoms with Crippen molar-refractivity contribution in [2.24, 2.45) is 0 Å². The average Bonchev–Trinajstić information content (AvgIpc) is 2.76. The first-order valence-electron chi connectivity index (χ1n) is 5.94. The normalized spacial score (nSPS) is 22.4. The lowest BCUT2D eigenvalue weighted by Gasteiger charge is -2.18. The van der Waals surface area contributed by atoms with Crippen molar-refractivity contribution in [1.82, 2.24) is 15.3 Å². The van der Waals surface area contributed by atoms with E-state index in [4.69, 9.17) is 9.47 Å². The smallest absolute Gasteiger partial charge is 0.326 e. The van der Waals surface area contributed by atoms with E-state index in [9.17, 15) is 14.4 Å². The van der Waals surface area contributed by atoms with E-state index in [-0.39, 0.29) is 17.8 Å². The Balaban J connectivity index is 2.08.